The normalized spacial score (nSPS) is 11.7. The van der Waals surface area contributed by atoms with Crippen LogP contribution in [0.15, 0.2) is 35.5 Å². The lowest BCUT2D eigenvalue weighted by Crippen LogP contribution is -2.27. The Labute approximate surface area is 116 Å². The van der Waals surface area contributed by atoms with Crippen molar-refractivity contribution < 1.29 is 12.8 Å². The summed E-state index contributed by atoms with van der Waals surface area (Å²) in [4.78, 5) is -0.0620. The molecule has 8 heteroatoms. The van der Waals surface area contributed by atoms with Crippen molar-refractivity contribution in [2.24, 2.45) is 0 Å². The predicted molar refractivity (Wildman–Crippen MR) is 73.0 cm³/mol. The molecule has 1 aromatic heterocycles. The van der Waals surface area contributed by atoms with Crippen LogP contribution in [-0.4, -0.2) is 24.7 Å². The second-order valence-electron chi connectivity index (χ2n) is 4.36. The Morgan fingerprint density at radius 2 is 2.20 bits per heavy atom. The van der Waals surface area contributed by atoms with Gasteiger partial charge in [0, 0.05) is 12.7 Å². The first-order valence-electron chi connectivity index (χ1n) is 5.92. The highest BCUT2D eigenvalue weighted by atomic mass is 32.2. The van der Waals surface area contributed by atoms with Gasteiger partial charge in [-0.3, -0.25) is 4.68 Å². The van der Waals surface area contributed by atoms with Crippen LogP contribution in [0.4, 0.5) is 10.1 Å². The molecule has 0 saturated carbocycles. The van der Waals surface area contributed by atoms with Gasteiger partial charge < -0.3 is 5.73 Å². The minimum Gasteiger partial charge on any atom is -0.396 e. The standard InChI is InChI=1S/C12H15FN4O2S/c1-9-7-15-17(8-9)5-4-16-20(18,19)10-2-3-11(13)12(14)6-10/h2-3,6-8,16H,4-5,14H2,1H3. The number of nitrogens with two attached hydrogens (primary N) is 1. The van der Waals surface area contributed by atoms with E-state index in [9.17, 15) is 12.8 Å². The number of halogens is 1. The topological polar surface area (TPSA) is 90.0 Å². The molecule has 0 aliphatic rings. The highest BCUT2D eigenvalue weighted by molar-refractivity contribution is 7.89. The Bertz CT molecular complexity index is 712. The summed E-state index contributed by atoms with van der Waals surface area (Å²) < 4.78 is 41.0. The van der Waals surface area contributed by atoms with Crippen LogP contribution in [0.3, 0.4) is 0 Å². The number of aryl methyl sites for hydroxylation is 1. The number of aromatic nitrogens is 2. The zero-order valence-corrected chi connectivity index (χ0v) is 11.7. The summed E-state index contributed by atoms with van der Waals surface area (Å²) in [6.07, 6.45) is 3.50. The first-order chi connectivity index (χ1) is 9.38. The molecule has 3 N–H and O–H groups in total. The maximum absolute atomic E-state index is 13.0. The van der Waals surface area contributed by atoms with Gasteiger partial charge in [0.05, 0.1) is 23.3 Å². The van der Waals surface area contributed by atoms with Gasteiger partial charge >= 0.3 is 0 Å². The zero-order chi connectivity index (χ0) is 14.8. The van der Waals surface area contributed by atoms with E-state index in [1.807, 2.05) is 13.1 Å². The highest BCUT2D eigenvalue weighted by Crippen LogP contribution is 2.16. The van der Waals surface area contributed by atoms with Crippen LogP contribution in [0.2, 0.25) is 0 Å². The van der Waals surface area contributed by atoms with Crippen LogP contribution >= 0.6 is 0 Å². The summed E-state index contributed by atoms with van der Waals surface area (Å²) in [5.41, 5.74) is 6.16. The SMILES string of the molecule is Cc1cnn(CCNS(=O)(=O)c2ccc(F)c(N)c2)c1. The van der Waals surface area contributed by atoms with Gasteiger partial charge in [0.1, 0.15) is 5.82 Å². The average molecular weight is 298 g/mol. The number of benzene rings is 1. The van der Waals surface area contributed by atoms with E-state index < -0.39 is 15.8 Å². The van der Waals surface area contributed by atoms with Gasteiger partial charge in [0.15, 0.2) is 0 Å². The molecule has 0 aliphatic carbocycles. The van der Waals surface area contributed by atoms with Gasteiger partial charge in [-0.05, 0) is 30.7 Å². The van der Waals surface area contributed by atoms with Crippen LogP contribution in [0.25, 0.3) is 0 Å². The zero-order valence-electron chi connectivity index (χ0n) is 10.9. The summed E-state index contributed by atoms with van der Waals surface area (Å²) in [5.74, 6) is -0.643. The van der Waals surface area contributed by atoms with Crippen molar-refractivity contribution in [1.82, 2.24) is 14.5 Å². The molecule has 2 aromatic rings. The third-order valence-corrected chi connectivity index (χ3v) is 4.13. The molecule has 20 heavy (non-hydrogen) atoms. The molecule has 0 fully saturated rings. The fourth-order valence-corrected chi connectivity index (χ4v) is 2.71. The van der Waals surface area contributed by atoms with E-state index in [1.54, 1.807) is 10.9 Å². The van der Waals surface area contributed by atoms with E-state index >= 15 is 0 Å². The minimum atomic E-state index is -3.70. The lowest BCUT2D eigenvalue weighted by atomic mass is 10.3. The van der Waals surface area contributed by atoms with Gasteiger partial charge in [-0.25, -0.2) is 17.5 Å². The van der Waals surface area contributed by atoms with Gasteiger partial charge in [0.25, 0.3) is 0 Å². The maximum Gasteiger partial charge on any atom is 0.240 e. The number of hydrogen-bond acceptors (Lipinski definition) is 4. The number of nitrogens with one attached hydrogen (secondary N) is 1. The molecule has 0 radical (unpaired) electrons. The van der Waals surface area contributed by atoms with Gasteiger partial charge in [-0.1, -0.05) is 0 Å². The predicted octanol–water partition coefficient (Wildman–Crippen LogP) is 0.891. The molecule has 6 nitrogen and oxygen atoms in total. The van der Waals surface area contributed by atoms with Crippen LogP contribution in [0.1, 0.15) is 5.56 Å². The van der Waals surface area contributed by atoms with Crippen LogP contribution in [0, 0.1) is 12.7 Å². The third-order valence-electron chi connectivity index (χ3n) is 2.67. The lowest BCUT2D eigenvalue weighted by molar-refractivity contribution is 0.560. The van der Waals surface area contributed by atoms with E-state index in [2.05, 4.69) is 9.82 Å². The molecule has 108 valence electrons. The van der Waals surface area contributed by atoms with E-state index in [1.165, 1.54) is 6.07 Å². The van der Waals surface area contributed by atoms with Crippen molar-refractivity contribution >= 4 is 15.7 Å². The molecule has 0 amide bonds. The second kappa shape index (κ2) is 5.59. The lowest BCUT2D eigenvalue weighted by Gasteiger charge is -2.08. The molecule has 1 aromatic carbocycles. The van der Waals surface area contributed by atoms with Crippen molar-refractivity contribution in [1.29, 1.82) is 0 Å². The number of sulfonamides is 1. The van der Waals surface area contributed by atoms with E-state index in [-0.39, 0.29) is 17.1 Å². The molecule has 0 bridgehead atoms. The third kappa shape index (κ3) is 3.34. The maximum atomic E-state index is 13.0. The molecular formula is C12H15FN4O2S. The van der Waals surface area contributed by atoms with Gasteiger partial charge in [-0.15, -0.1) is 0 Å². The van der Waals surface area contributed by atoms with Gasteiger partial charge in [-0.2, -0.15) is 5.10 Å². The molecule has 0 atom stereocenters. The smallest absolute Gasteiger partial charge is 0.240 e. The summed E-state index contributed by atoms with van der Waals surface area (Å²) in [5, 5.41) is 4.05. The minimum absolute atomic E-state index is 0.0620. The fourth-order valence-electron chi connectivity index (χ4n) is 1.66. The average Bonchev–Trinajstić information content (AvgIpc) is 2.78. The fraction of sp³-hybridized carbons (Fsp3) is 0.250. The van der Waals surface area contributed by atoms with E-state index in [0.717, 1.165) is 17.7 Å². The van der Waals surface area contributed by atoms with Crippen LogP contribution < -0.4 is 10.5 Å². The second-order valence-corrected chi connectivity index (χ2v) is 6.13. The molecule has 1 heterocycles. The highest BCUT2D eigenvalue weighted by Gasteiger charge is 2.14. The summed E-state index contributed by atoms with van der Waals surface area (Å²) in [7, 11) is -3.70. The van der Waals surface area contributed by atoms with Crippen molar-refractivity contribution in [2.75, 3.05) is 12.3 Å². The van der Waals surface area contributed by atoms with Crippen molar-refractivity contribution in [3.05, 3.63) is 42.0 Å². The first kappa shape index (κ1) is 14.5. The Kier molecular flexibility index (Phi) is 4.05. The Hall–Kier alpha value is -1.93. The molecule has 2 rings (SSSR count). The first-order valence-corrected chi connectivity index (χ1v) is 7.40. The quantitative estimate of drug-likeness (QED) is 0.802. The number of nitrogens with zero attached hydrogens (tertiary/aromatic N) is 2. The summed E-state index contributed by atoms with van der Waals surface area (Å²) in [6.45, 7) is 2.49. The van der Waals surface area contributed by atoms with E-state index in [4.69, 9.17) is 5.73 Å². The number of anilines is 1. The van der Waals surface area contributed by atoms with Crippen LogP contribution in [0.5, 0.6) is 0 Å². The van der Waals surface area contributed by atoms with E-state index in [0.29, 0.717) is 6.54 Å². The Morgan fingerprint density at radius 3 is 2.80 bits per heavy atom. The summed E-state index contributed by atoms with van der Waals surface area (Å²) in [6, 6.07) is 3.29. The number of rotatable bonds is 5. The molecule has 0 aliphatic heterocycles. The number of hydrogen-bond donors (Lipinski definition) is 2. The Balaban J connectivity index is 2.02. The van der Waals surface area contributed by atoms with Crippen LogP contribution in [-0.2, 0) is 16.6 Å². The monoisotopic (exact) mass is 298 g/mol. The number of nitrogen functional groups attached to an aromatic ring is 1. The molecule has 0 saturated heterocycles. The molecular weight excluding hydrogens is 283 g/mol. The molecule has 0 unspecified atom stereocenters. The van der Waals surface area contributed by atoms with Crippen molar-refractivity contribution in [3.8, 4) is 0 Å². The summed E-state index contributed by atoms with van der Waals surface area (Å²) >= 11 is 0. The molecule has 0 spiro atoms. The van der Waals surface area contributed by atoms with Gasteiger partial charge in [0.2, 0.25) is 10.0 Å². The van der Waals surface area contributed by atoms with Crippen molar-refractivity contribution in [3.63, 3.8) is 0 Å². The largest absolute Gasteiger partial charge is 0.396 e. The van der Waals surface area contributed by atoms with Crippen molar-refractivity contribution in [2.45, 2.75) is 18.4 Å². The Morgan fingerprint density at radius 1 is 1.45 bits per heavy atom.